The van der Waals surface area contributed by atoms with Crippen LogP contribution in [-0.2, 0) is 0 Å². The van der Waals surface area contributed by atoms with Gasteiger partial charge in [0.15, 0.2) is 0 Å². The molecule has 11 atom stereocenters. The quantitative estimate of drug-likeness (QED) is 0.367. The highest BCUT2D eigenvalue weighted by atomic mass is 16.3. The largest absolute Gasteiger partial charge is 0.393 e. The summed E-state index contributed by atoms with van der Waals surface area (Å²) in [5.74, 6) is 1.99. The molecule has 2 saturated carbocycles. The lowest BCUT2D eigenvalue weighted by molar-refractivity contribution is 0.0130. The number of piperidine rings is 2. The fourth-order valence-corrected chi connectivity index (χ4v) is 9.01. The molecule has 3 aliphatic carbocycles. The molecule has 5 fully saturated rings. The predicted molar refractivity (Wildman–Crippen MR) is 126 cm³/mol. The smallest absolute Gasteiger partial charge is 0.150 e. The van der Waals surface area contributed by atoms with Crippen LogP contribution < -0.4 is 5.32 Å². The Morgan fingerprint density at radius 2 is 1.76 bits per heavy atom. The number of carbonyl (C=O) groups is 1. The van der Waals surface area contributed by atoms with Crippen molar-refractivity contribution >= 4 is 6.29 Å². The lowest BCUT2D eigenvalue weighted by Crippen LogP contribution is -2.56. The molecule has 3 saturated heterocycles. The number of aliphatic hydroxyl groups excluding tert-OH is 1. The Balaban J connectivity index is 1.22. The van der Waals surface area contributed by atoms with Gasteiger partial charge in [0.1, 0.15) is 12.0 Å². The number of carbonyl (C=O) groups excluding carboxylic acids is 1. The average molecular weight is 449 g/mol. The standard InChI is InChI=1S/C28H36N2O3/c31-15-16-5-7-18(8-6-16)25(17-3-1-2-4-17)27-20-10-14-24-28(33,30(24)27)26(20)22-11-9-19-21(29-22)12-13-23(19)32/h5-8,10,14-15,17,19-27,29,32-33H,1-4,9,11-13H2/t19-,20+,21-,22-,23+,24-,25-,26+,27-,28-,30?/m1/s1. The number of nitrogens with zero attached hydrogens (tertiary/aromatic N) is 1. The van der Waals surface area contributed by atoms with Crippen molar-refractivity contribution in [2.75, 3.05) is 0 Å². The Labute approximate surface area is 196 Å². The van der Waals surface area contributed by atoms with Gasteiger partial charge >= 0.3 is 0 Å². The van der Waals surface area contributed by atoms with Gasteiger partial charge in [-0.2, -0.15) is 0 Å². The maximum Gasteiger partial charge on any atom is 0.150 e. The molecule has 176 valence electrons. The minimum Gasteiger partial charge on any atom is -0.393 e. The molecule has 1 aromatic rings. The first-order valence-electron chi connectivity index (χ1n) is 13.3. The molecule has 33 heavy (non-hydrogen) atoms. The normalized spacial score (nSPS) is 48.6. The van der Waals surface area contributed by atoms with Gasteiger partial charge in [-0.1, -0.05) is 49.3 Å². The minimum atomic E-state index is -0.717. The third kappa shape index (κ3) is 2.89. The molecule has 0 spiro atoms. The number of hydrogen-bond acceptors (Lipinski definition) is 5. The highest BCUT2D eigenvalue weighted by Gasteiger charge is 2.79. The van der Waals surface area contributed by atoms with Gasteiger partial charge in [0.2, 0.25) is 0 Å². The molecular formula is C28H36N2O3. The third-order valence-electron chi connectivity index (χ3n) is 10.4. The Morgan fingerprint density at radius 1 is 1.00 bits per heavy atom. The van der Waals surface area contributed by atoms with Gasteiger partial charge in [-0.25, -0.2) is 0 Å². The lowest BCUT2D eigenvalue weighted by atomic mass is 9.66. The highest BCUT2D eigenvalue weighted by Crippen LogP contribution is 2.66. The van der Waals surface area contributed by atoms with Crippen molar-refractivity contribution in [3.8, 4) is 0 Å². The second kappa shape index (κ2) is 7.48. The topological polar surface area (TPSA) is 72.6 Å². The second-order valence-electron chi connectivity index (χ2n) is 11.7. The average Bonchev–Trinajstić information content (AvgIpc) is 3.22. The lowest BCUT2D eigenvalue weighted by Gasteiger charge is -2.44. The van der Waals surface area contributed by atoms with E-state index in [0.717, 1.165) is 37.5 Å². The van der Waals surface area contributed by atoms with Crippen LogP contribution in [0.25, 0.3) is 0 Å². The van der Waals surface area contributed by atoms with Crippen LogP contribution in [0, 0.1) is 23.7 Å². The second-order valence-corrected chi connectivity index (χ2v) is 11.7. The third-order valence-corrected chi connectivity index (χ3v) is 10.4. The first-order chi connectivity index (χ1) is 16.1. The molecule has 0 amide bonds. The Hall–Kier alpha value is -1.53. The van der Waals surface area contributed by atoms with Gasteiger partial charge in [-0.05, 0) is 50.0 Å². The molecule has 4 bridgehead atoms. The number of rotatable bonds is 5. The van der Waals surface area contributed by atoms with Crippen LogP contribution in [0.15, 0.2) is 36.4 Å². The first-order valence-corrected chi connectivity index (χ1v) is 13.3. The summed E-state index contributed by atoms with van der Waals surface area (Å²) in [7, 11) is 0. The van der Waals surface area contributed by atoms with Crippen LogP contribution in [0.3, 0.4) is 0 Å². The summed E-state index contributed by atoms with van der Waals surface area (Å²) in [4.78, 5) is 13.7. The number of aldehydes is 1. The predicted octanol–water partition coefficient (Wildman–Crippen LogP) is 3.22. The van der Waals surface area contributed by atoms with Crippen molar-refractivity contribution in [3.63, 3.8) is 0 Å². The highest BCUT2D eigenvalue weighted by molar-refractivity contribution is 5.74. The number of benzene rings is 1. The number of nitrogens with one attached hydrogen (secondary N) is 1. The molecule has 4 aliphatic heterocycles. The van der Waals surface area contributed by atoms with E-state index in [4.69, 9.17) is 0 Å². The van der Waals surface area contributed by atoms with Crippen molar-refractivity contribution in [2.45, 2.75) is 93.3 Å². The molecule has 7 aliphatic rings. The zero-order valence-corrected chi connectivity index (χ0v) is 19.2. The molecule has 3 N–H and O–H groups in total. The molecule has 1 aromatic carbocycles. The summed E-state index contributed by atoms with van der Waals surface area (Å²) in [5, 5.41) is 26.3. The number of aliphatic hydroxyl groups is 2. The van der Waals surface area contributed by atoms with E-state index in [0.29, 0.717) is 41.8 Å². The molecular weight excluding hydrogens is 412 g/mol. The van der Waals surface area contributed by atoms with E-state index in [1.54, 1.807) is 0 Å². The summed E-state index contributed by atoms with van der Waals surface area (Å²) in [6.07, 6.45) is 14.7. The van der Waals surface area contributed by atoms with E-state index < -0.39 is 5.72 Å². The number of hydrogen-bond donors (Lipinski definition) is 3. The molecule has 5 nitrogen and oxygen atoms in total. The van der Waals surface area contributed by atoms with Crippen molar-refractivity contribution in [1.82, 2.24) is 10.2 Å². The fourth-order valence-electron chi connectivity index (χ4n) is 9.01. The van der Waals surface area contributed by atoms with E-state index in [-0.39, 0.29) is 18.1 Å². The minimum absolute atomic E-state index is 0.143. The van der Waals surface area contributed by atoms with E-state index >= 15 is 0 Å². The molecule has 0 aromatic heterocycles. The van der Waals surface area contributed by atoms with E-state index in [2.05, 4.69) is 34.5 Å². The van der Waals surface area contributed by atoms with Crippen molar-refractivity contribution in [1.29, 1.82) is 0 Å². The molecule has 8 rings (SSSR count). The van der Waals surface area contributed by atoms with Crippen LogP contribution in [0.5, 0.6) is 0 Å². The van der Waals surface area contributed by atoms with E-state index in [1.807, 2.05) is 12.1 Å². The van der Waals surface area contributed by atoms with Crippen LogP contribution in [0.4, 0.5) is 0 Å². The van der Waals surface area contributed by atoms with E-state index in [1.165, 1.54) is 31.2 Å². The molecule has 1 unspecified atom stereocenters. The SMILES string of the molecule is O=Cc1ccc([C@@H](C2CCCC2)[C@H]2[C@H]3C=C[C@H]4N2[C@]4(O)[C@@H]3[C@H]2CC[C@H]3[C@@H](O)CC[C@H]3N2)cc1. The summed E-state index contributed by atoms with van der Waals surface area (Å²) < 4.78 is 0. The zero-order valence-electron chi connectivity index (χ0n) is 19.2. The summed E-state index contributed by atoms with van der Waals surface area (Å²) in [6, 6.07) is 9.46. The Bertz CT molecular complexity index is 956. The molecule has 5 heteroatoms. The first kappa shape index (κ1) is 20.8. The Morgan fingerprint density at radius 3 is 2.52 bits per heavy atom. The van der Waals surface area contributed by atoms with Crippen LogP contribution in [-0.4, -0.2) is 57.4 Å². The van der Waals surface area contributed by atoms with Gasteiger partial charge < -0.3 is 15.5 Å². The summed E-state index contributed by atoms with van der Waals surface area (Å²) in [6.45, 7) is 0. The van der Waals surface area contributed by atoms with Crippen molar-refractivity contribution in [3.05, 3.63) is 47.5 Å². The maximum atomic E-state index is 12.0. The van der Waals surface area contributed by atoms with Crippen molar-refractivity contribution in [2.24, 2.45) is 23.7 Å². The van der Waals surface area contributed by atoms with Crippen LogP contribution >= 0.6 is 0 Å². The maximum absolute atomic E-state index is 12.0. The molecule has 4 heterocycles. The van der Waals surface area contributed by atoms with Gasteiger partial charge in [-0.15, -0.1) is 0 Å². The monoisotopic (exact) mass is 448 g/mol. The van der Waals surface area contributed by atoms with Crippen molar-refractivity contribution < 1.29 is 15.0 Å². The van der Waals surface area contributed by atoms with E-state index in [9.17, 15) is 15.0 Å². The number of fused-ring (bicyclic) bond motifs is 1. The zero-order chi connectivity index (χ0) is 22.3. The van der Waals surface area contributed by atoms with Crippen LogP contribution in [0.2, 0.25) is 0 Å². The summed E-state index contributed by atoms with van der Waals surface area (Å²) >= 11 is 0. The van der Waals surface area contributed by atoms with Gasteiger partial charge in [0, 0.05) is 47.4 Å². The van der Waals surface area contributed by atoms with Gasteiger partial charge in [0.05, 0.1) is 12.1 Å². The Kier molecular flexibility index (Phi) is 4.72. The fraction of sp³-hybridized carbons (Fsp3) is 0.679. The van der Waals surface area contributed by atoms with Crippen LogP contribution in [0.1, 0.15) is 73.2 Å². The van der Waals surface area contributed by atoms with Gasteiger partial charge in [0.25, 0.3) is 0 Å². The van der Waals surface area contributed by atoms with Gasteiger partial charge in [-0.3, -0.25) is 9.69 Å². The molecule has 0 radical (unpaired) electrons. The summed E-state index contributed by atoms with van der Waals surface area (Å²) in [5.41, 5.74) is 1.35.